The number of aryl methyl sites for hydroxylation is 1. The van der Waals surface area contributed by atoms with Crippen molar-refractivity contribution in [3.63, 3.8) is 0 Å². The fourth-order valence-electron chi connectivity index (χ4n) is 2.87. The van der Waals surface area contributed by atoms with Crippen LogP contribution in [0.4, 0.5) is 0 Å². The average Bonchev–Trinajstić information content (AvgIpc) is 2.68. The Morgan fingerprint density at radius 2 is 1.93 bits per heavy atom. The standard InChI is InChI=1S/C20H19Br2N3O3/c1-4-5-18-24-16-7-6-13(21)9-15(16)20(26)25(18)23-11-12-8-14(22)10-17(27-2)19(12)28-3/h6-11H,4-5H2,1-3H3. The second-order valence-electron chi connectivity index (χ2n) is 6.03. The number of nitrogens with zero attached hydrogens (tertiary/aromatic N) is 3. The Kier molecular flexibility index (Phi) is 6.51. The first kappa shape index (κ1) is 20.5. The van der Waals surface area contributed by atoms with Crippen molar-refractivity contribution in [2.45, 2.75) is 19.8 Å². The first-order valence-corrected chi connectivity index (χ1v) is 10.2. The molecule has 0 aliphatic carbocycles. The molecule has 0 saturated heterocycles. The van der Waals surface area contributed by atoms with Crippen LogP contribution >= 0.6 is 31.9 Å². The summed E-state index contributed by atoms with van der Waals surface area (Å²) in [5.74, 6) is 1.72. The van der Waals surface area contributed by atoms with Crippen LogP contribution in [0.25, 0.3) is 10.9 Å². The molecule has 0 atom stereocenters. The van der Waals surface area contributed by atoms with Crippen LogP contribution in [-0.2, 0) is 6.42 Å². The first-order valence-electron chi connectivity index (χ1n) is 8.65. The van der Waals surface area contributed by atoms with E-state index >= 15 is 0 Å². The van der Waals surface area contributed by atoms with Crippen LogP contribution in [-0.4, -0.2) is 30.1 Å². The molecule has 3 rings (SSSR count). The van der Waals surface area contributed by atoms with Crippen LogP contribution in [0.15, 0.2) is 49.2 Å². The van der Waals surface area contributed by atoms with Crippen LogP contribution in [0.5, 0.6) is 11.5 Å². The predicted molar refractivity (Wildman–Crippen MR) is 118 cm³/mol. The van der Waals surface area contributed by atoms with Crippen molar-refractivity contribution in [3.8, 4) is 11.5 Å². The summed E-state index contributed by atoms with van der Waals surface area (Å²) in [6, 6.07) is 9.11. The summed E-state index contributed by atoms with van der Waals surface area (Å²) in [4.78, 5) is 17.7. The van der Waals surface area contributed by atoms with E-state index < -0.39 is 0 Å². The van der Waals surface area contributed by atoms with Crippen molar-refractivity contribution in [3.05, 3.63) is 61.0 Å². The molecule has 28 heavy (non-hydrogen) atoms. The molecule has 0 saturated carbocycles. The van der Waals surface area contributed by atoms with Gasteiger partial charge in [0.05, 0.1) is 31.3 Å². The van der Waals surface area contributed by atoms with E-state index in [9.17, 15) is 4.79 Å². The van der Waals surface area contributed by atoms with E-state index in [1.807, 2.05) is 25.1 Å². The fraction of sp³-hybridized carbons (Fsp3) is 0.250. The van der Waals surface area contributed by atoms with Gasteiger partial charge in [0.1, 0.15) is 5.82 Å². The number of hydrogen-bond acceptors (Lipinski definition) is 5. The van der Waals surface area contributed by atoms with Crippen molar-refractivity contribution in [1.29, 1.82) is 0 Å². The zero-order valence-electron chi connectivity index (χ0n) is 15.7. The number of ether oxygens (including phenoxy) is 2. The molecule has 0 aliphatic rings. The van der Waals surface area contributed by atoms with Gasteiger partial charge in [-0.3, -0.25) is 4.79 Å². The molecule has 0 radical (unpaired) electrons. The molecule has 0 fully saturated rings. The summed E-state index contributed by atoms with van der Waals surface area (Å²) < 4.78 is 13.8. The average molecular weight is 509 g/mol. The lowest BCUT2D eigenvalue weighted by molar-refractivity contribution is 0.354. The molecule has 8 heteroatoms. The molecule has 0 bridgehead atoms. The van der Waals surface area contributed by atoms with Crippen molar-refractivity contribution >= 4 is 49.0 Å². The van der Waals surface area contributed by atoms with E-state index in [0.29, 0.717) is 40.2 Å². The van der Waals surface area contributed by atoms with E-state index in [4.69, 9.17) is 9.47 Å². The van der Waals surface area contributed by atoms with E-state index in [1.165, 1.54) is 4.68 Å². The first-order chi connectivity index (χ1) is 13.5. The highest BCUT2D eigenvalue weighted by atomic mass is 79.9. The van der Waals surface area contributed by atoms with Gasteiger partial charge in [-0.25, -0.2) is 4.98 Å². The second-order valence-corrected chi connectivity index (χ2v) is 7.86. The molecule has 146 valence electrons. The number of aromatic nitrogens is 2. The van der Waals surface area contributed by atoms with E-state index in [-0.39, 0.29) is 5.56 Å². The molecule has 0 aliphatic heterocycles. The second kappa shape index (κ2) is 8.87. The largest absolute Gasteiger partial charge is 0.493 e. The lowest BCUT2D eigenvalue weighted by atomic mass is 10.2. The van der Waals surface area contributed by atoms with Crippen LogP contribution in [0.3, 0.4) is 0 Å². The third kappa shape index (κ3) is 4.12. The summed E-state index contributed by atoms with van der Waals surface area (Å²) in [5, 5.41) is 4.95. The van der Waals surface area contributed by atoms with Crippen LogP contribution in [0, 0.1) is 0 Å². The van der Waals surface area contributed by atoms with Gasteiger partial charge in [0.25, 0.3) is 5.56 Å². The van der Waals surface area contributed by atoms with Crippen molar-refractivity contribution in [1.82, 2.24) is 9.66 Å². The third-order valence-electron chi connectivity index (χ3n) is 4.13. The molecule has 1 heterocycles. The number of fused-ring (bicyclic) bond motifs is 1. The molecule has 2 aromatic carbocycles. The SMILES string of the molecule is CCCc1nc2ccc(Br)cc2c(=O)n1N=Cc1cc(Br)cc(OC)c1OC. The van der Waals surface area contributed by atoms with Gasteiger partial charge in [0.2, 0.25) is 0 Å². The highest BCUT2D eigenvalue weighted by molar-refractivity contribution is 9.10. The Morgan fingerprint density at radius 1 is 1.14 bits per heavy atom. The van der Waals surface area contributed by atoms with Gasteiger partial charge < -0.3 is 9.47 Å². The molecular formula is C20H19Br2N3O3. The smallest absolute Gasteiger partial charge is 0.282 e. The third-order valence-corrected chi connectivity index (χ3v) is 5.08. The zero-order valence-corrected chi connectivity index (χ0v) is 18.9. The van der Waals surface area contributed by atoms with Crippen LogP contribution in [0.2, 0.25) is 0 Å². The van der Waals surface area contributed by atoms with Gasteiger partial charge in [0, 0.05) is 20.9 Å². The molecule has 0 amide bonds. The maximum Gasteiger partial charge on any atom is 0.282 e. The minimum Gasteiger partial charge on any atom is -0.493 e. The van der Waals surface area contributed by atoms with Crippen LogP contribution in [0.1, 0.15) is 24.7 Å². The topological polar surface area (TPSA) is 65.7 Å². The lowest BCUT2D eigenvalue weighted by Crippen LogP contribution is -2.22. The number of rotatable bonds is 6. The zero-order chi connectivity index (χ0) is 20.3. The highest BCUT2D eigenvalue weighted by Crippen LogP contribution is 2.33. The highest BCUT2D eigenvalue weighted by Gasteiger charge is 2.13. The normalized spacial score (nSPS) is 11.3. The van der Waals surface area contributed by atoms with E-state index in [2.05, 4.69) is 41.9 Å². The van der Waals surface area contributed by atoms with Crippen molar-refractivity contribution in [2.75, 3.05) is 14.2 Å². The number of halogens is 2. The summed E-state index contributed by atoms with van der Waals surface area (Å²) in [7, 11) is 3.13. The minimum absolute atomic E-state index is 0.216. The van der Waals surface area contributed by atoms with E-state index in [1.54, 1.807) is 32.6 Å². The predicted octanol–water partition coefficient (Wildman–Crippen LogP) is 4.77. The van der Waals surface area contributed by atoms with Gasteiger partial charge >= 0.3 is 0 Å². The Balaban J connectivity index is 2.19. The van der Waals surface area contributed by atoms with Gasteiger partial charge in [-0.2, -0.15) is 9.78 Å². The molecule has 0 unspecified atom stereocenters. The van der Waals surface area contributed by atoms with Gasteiger partial charge in [0.15, 0.2) is 11.5 Å². The summed E-state index contributed by atoms with van der Waals surface area (Å²) >= 11 is 6.86. The monoisotopic (exact) mass is 507 g/mol. The summed E-state index contributed by atoms with van der Waals surface area (Å²) in [6.45, 7) is 2.04. The number of benzene rings is 2. The van der Waals surface area contributed by atoms with Crippen molar-refractivity contribution in [2.24, 2.45) is 5.10 Å². The molecule has 3 aromatic rings. The molecule has 0 spiro atoms. The Morgan fingerprint density at radius 3 is 2.61 bits per heavy atom. The Labute approximate surface area is 179 Å². The van der Waals surface area contributed by atoms with E-state index in [0.717, 1.165) is 15.4 Å². The Bertz CT molecular complexity index is 1110. The maximum absolute atomic E-state index is 13.1. The minimum atomic E-state index is -0.216. The molecule has 6 nitrogen and oxygen atoms in total. The van der Waals surface area contributed by atoms with Gasteiger partial charge in [-0.05, 0) is 36.8 Å². The summed E-state index contributed by atoms with van der Waals surface area (Å²) in [6.07, 6.45) is 3.06. The summed E-state index contributed by atoms with van der Waals surface area (Å²) in [5.41, 5.74) is 1.12. The maximum atomic E-state index is 13.1. The molecular weight excluding hydrogens is 490 g/mol. The number of hydrogen-bond donors (Lipinski definition) is 0. The van der Waals surface area contributed by atoms with Crippen LogP contribution < -0.4 is 15.0 Å². The quantitative estimate of drug-likeness (QED) is 0.450. The number of methoxy groups -OCH3 is 2. The lowest BCUT2D eigenvalue weighted by Gasteiger charge is -2.12. The molecule has 0 N–H and O–H groups in total. The molecule has 1 aromatic heterocycles. The fourth-order valence-corrected chi connectivity index (χ4v) is 3.69. The van der Waals surface area contributed by atoms with Gasteiger partial charge in [-0.15, -0.1) is 0 Å². The van der Waals surface area contributed by atoms with Gasteiger partial charge in [-0.1, -0.05) is 38.8 Å². The Hall–Kier alpha value is -2.19. The van der Waals surface area contributed by atoms with Crippen molar-refractivity contribution < 1.29 is 9.47 Å².